The van der Waals surface area contributed by atoms with Crippen LogP contribution >= 0.6 is 11.8 Å². The van der Waals surface area contributed by atoms with E-state index in [9.17, 15) is 9.59 Å². The quantitative estimate of drug-likeness (QED) is 0.714. The number of ether oxygens (including phenoxy) is 2. The van der Waals surface area contributed by atoms with Crippen molar-refractivity contribution in [2.45, 2.75) is 43.9 Å². The number of carbonyl (C=O) groups is 2. The summed E-state index contributed by atoms with van der Waals surface area (Å²) in [5.74, 6) is 1.54. The van der Waals surface area contributed by atoms with Crippen molar-refractivity contribution >= 4 is 23.7 Å². The number of nitrogens with one attached hydrogen (secondary N) is 1. The molecule has 8 heteroatoms. The first-order valence-electron chi connectivity index (χ1n) is 9.51. The monoisotopic (exact) mass is 409 g/mol. The van der Waals surface area contributed by atoms with E-state index in [0.29, 0.717) is 13.1 Å². The molecule has 7 nitrogen and oxygen atoms in total. The van der Waals surface area contributed by atoms with E-state index < -0.39 is 0 Å². The molecule has 1 fully saturated rings. The molecule has 1 aliphatic rings. The lowest BCUT2D eigenvalue weighted by Crippen LogP contribution is -2.44. The fourth-order valence-electron chi connectivity index (χ4n) is 3.08. The molecule has 28 heavy (non-hydrogen) atoms. The highest BCUT2D eigenvalue weighted by Crippen LogP contribution is 2.47. The van der Waals surface area contributed by atoms with Crippen LogP contribution in [0.4, 0.5) is 4.79 Å². The van der Waals surface area contributed by atoms with Crippen molar-refractivity contribution in [3.8, 4) is 11.5 Å². The predicted molar refractivity (Wildman–Crippen MR) is 112 cm³/mol. The largest absolute Gasteiger partial charge is 0.497 e. The summed E-state index contributed by atoms with van der Waals surface area (Å²) in [4.78, 5) is 28.6. The van der Waals surface area contributed by atoms with Gasteiger partial charge in [-0.1, -0.05) is 6.92 Å². The lowest BCUT2D eigenvalue weighted by atomic mass is 10.1. The highest BCUT2D eigenvalue weighted by molar-refractivity contribution is 8.01. The maximum absolute atomic E-state index is 12.9. The Hall–Kier alpha value is -2.09. The van der Waals surface area contributed by atoms with E-state index in [-0.39, 0.29) is 28.6 Å². The number of hydrogen-bond acceptors (Lipinski definition) is 5. The van der Waals surface area contributed by atoms with E-state index in [1.165, 1.54) is 0 Å². The highest BCUT2D eigenvalue weighted by Gasteiger charge is 2.41. The standard InChI is InChI=1S/C20H31N3O4S/c1-7-17-18(24)23(11-10-22(4)20(25)21-13(2)3)19(28-17)15-12-14(26-5)8-9-16(15)27-6/h8-9,12-13,17,19H,7,10-11H2,1-6H3,(H,21,25)/t17-,19-/m0/s1. The highest BCUT2D eigenvalue weighted by atomic mass is 32.2. The average molecular weight is 410 g/mol. The Bertz CT molecular complexity index is 698. The molecule has 1 N–H and O–H groups in total. The van der Waals surface area contributed by atoms with Gasteiger partial charge in [0.1, 0.15) is 16.9 Å². The van der Waals surface area contributed by atoms with Gasteiger partial charge in [0, 0.05) is 31.7 Å². The number of thioether (sulfide) groups is 1. The van der Waals surface area contributed by atoms with Crippen molar-refractivity contribution < 1.29 is 19.1 Å². The Balaban J connectivity index is 2.23. The normalized spacial score (nSPS) is 19.1. The molecular formula is C20H31N3O4S. The fraction of sp³-hybridized carbons (Fsp3) is 0.600. The Morgan fingerprint density at radius 1 is 1.32 bits per heavy atom. The van der Waals surface area contributed by atoms with Gasteiger partial charge in [-0.15, -0.1) is 11.8 Å². The molecule has 0 bridgehead atoms. The smallest absolute Gasteiger partial charge is 0.317 e. The van der Waals surface area contributed by atoms with Crippen LogP contribution in [0.1, 0.15) is 38.1 Å². The molecule has 0 saturated carbocycles. The molecule has 2 rings (SSSR count). The Morgan fingerprint density at radius 2 is 2.04 bits per heavy atom. The zero-order valence-electron chi connectivity index (χ0n) is 17.5. The zero-order valence-corrected chi connectivity index (χ0v) is 18.3. The van der Waals surface area contributed by atoms with Gasteiger partial charge in [-0.2, -0.15) is 0 Å². The molecule has 2 atom stereocenters. The molecule has 156 valence electrons. The van der Waals surface area contributed by atoms with Gasteiger partial charge in [0.15, 0.2) is 0 Å². The Morgan fingerprint density at radius 3 is 2.61 bits per heavy atom. The van der Waals surface area contributed by atoms with Gasteiger partial charge in [0.05, 0.1) is 19.5 Å². The van der Waals surface area contributed by atoms with Crippen molar-refractivity contribution in [1.29, 1.82) is 0 Å². The van der Waals surface area contributed by atoms with Crippen molar-refractivity contribution in [1.82, 2.24) is 15.1 Å². The van der Waals surface area contributed by atoms with Crippen molar-refractivity contribution in [3.63, 3.8) is 0 Å². The minimum absolute atomic E-state index is 0.0668. The summed E-state index contributed by atoms with van der Waals surface area (Å²) in [6, 6.07) is 5.55. The first-order valence-corrected chi connectivity index (χ1v) is 10.5. The molecule has 1 aliphatic heterocycles. The van der Waals surface area contributed by atoms with E-state index in [4.69, 9.17) is 9.47 Å². The van der Waals surface area contributed by atoms with E-state index >= 15 is 0 Å². The number of rotatable bonds is 8. The summed E-state index contributed by atoms with van der Waals surface area (Å²) < 4.78 is 10.9. The van der Waals surface area contributed by atoms with Crippen LogP contribution in [-0.4, -0.2) is 67.4 Å². The van der Waals surface area contributed by atoms with Gasteiger partial charge < -0.3 is 24.6 Å². The molecule has 0 aromatic heterocycles. The van der Waals surface area contributed by atoms with E-state index in [1.54, 1.807) is 37.9 Å². The summed E-state index contributed by atoms with van der Waals surface area (Å²) in [5, 5.41) is 2.59. The molecule has 1 heterocycles. The molecule has 1 aromatic rings. The number of hydrogen-bond donors (Lipinski definition) is 1. The van der Waals surface area contributed by atoms with Crippen molar-refractivity contribution in [2.75, 3.05) is 34.4 Å². The lowest BCUT2D eigenvalue weighted by molar-refractivity contribution is -0.130. The number of likely N-dealkylation sites (N-methyl/N-ethyl adjacent to an activating group) is 1. The second kappa shape index (κ2) is 9.91. The second-order valence-corrected chi connectivity index (χ2v) is 8.34. The molecule has 0 spiro atoms. The third-order valence-electron chi connectivity index (χ3n) is 4.64. The summed E-state index contributed by atoms with van der Waals surface area (Å²) in [6.45, 7) is 6.76. The maximum atomic E-state index is 12.9. The predicted octanol–water partition coefficient (Wildman–Crippen LogP) is 3.11. The van der Waals surface area contributed by atoms with Gasteiger partial charge in [0.2, 0.25) is 5.91 Å². The van der Waals surface area contributed by atoms with Crippen LogP contribution in [0.3, 0.4) is 0 Å². The van der Waals surface area contributed by atoms with E-state index in [1.807, 2.05) is 43.9 Å². The number of nitrogens with zero attached hydrogens (tertiary/aromatic N) is 2. The number of urea groups is 1. The summed E-state index contributed by atoms with van der Waals surface area (Å²) in [7, 11) is 4.98. The first-order chi connectivity index (χ1) is 13.3. The van der Waals surface area contributed by atoms with Crippen LogP contribution in [0, 0.1) is 0 Å². The third-order valence-corrected chi connectivity index (χ3v) is 6.27. The first kappa shape index (κ1) is 22.2. The van der Waals surface area contributed by atoms with E-state index in [0.717, 1.165) is 23.5 Å². The number of methoxy groups -OCH3 is 2. The van der Waals surface area contributed by atoms with Crippen LogP contribution in [0.2, 0.25) is 0 Å². The maximum Gasteiger partial charge on any atom is 0.317 e. The van der Waals surface area contributed by atoms with Crippen LogP contribution in [0.5, 0.6) is 11.5 Å². The minimum Gasteiger partial charge on any atom is -0.497 e. The zero-order chi connectivity index (χ0) is 20.8. The third kappa shape index (κ3) is 5.04. The van der Waals surface area contributed by atoms with Crippen LogP contribution in [0.25, 0.3) is 0 Å². The second-order valence-electron chi connectivity index (χ2n) is 7.05. The van der Waals surface area contributed by atoms with Gasteiger partial charge in [-0.25, -0.2) is 4.79 Å². The van der Waals surface area contributed by atoms with Gasteiger partial charge in [-0.05, 0) is 38.5 Å². The summed E-state index contributed by atoms with van der Waals surface area (Å²) >= 11 is 1.62. The van der Waals surface area contributed by atoms with Crippen LogP contribution in [-0.2, 0) is 4.79 Å². The average Bonchev–Trinajstić information content (AvgIpc) is 3.00. The van der Waals surface area contributed by atoms with Gasteiger partial charge >= 0.3 is 6.03 Å². The minimum atomic E-state index is -0.177. The van der Waals surface area contributed by atoms with E-state index in [2.05, 4.69) is 5.32 Å². The lowest BCUT2D eigenvalue weighted by Gasteiger charge is -2.28. The molecule has 0 radical (unpaired) electrons. The molecule has 1 aromatic carbocycles. The molecular weight excluding hydrogens is 378 g/mol. The van der Waals surface area contributed by atoms with Crippen molar-refractivity contribution in [2.24, 2.45) is 0 Å². The number of carbonyl (C=O) groups excluding carboxylic acids is 2. The molecule has 0 unspecified atom stereocenters. The molecule has 0 aliphatic carbocycles. The van der Waals surface area contributed by atoms with Gasteiger partial charge in [-0.3, -0.25) is 4.79 Å². The summed E-state index contributed by atoms with van der Waals surface area (Å²) in [5.41, 5.74) is 0.908. The Labute approximate surface area is 171 Å². The van der Waals surface area contributed by atoms with Gasteiger partial charge in [0.25, 0.3) is 0 Å². The van der Waals surface area contributed by atoms with Crippen LogP contribution in [0.15, 0.2) is 18.2 Å². The summed E-state index contributed by atoms with van der Waals surface area (Å²) in [6.07, 6.45) is 0.756. The topological polar surface area (TPSA) is 71.1 Å². The Kier molecular flexibility index (Phi) is 7.86. The SMILES string of the molecule is CC[C@@H]1S[C@@H](c2cc(OC)ccc2OC)N(CCN(C)C(=O)NC(C)C)C1=O. The van der Waals surface area contributed by atoms with Crippen molar-refractivity contribution in [3.05, 3.63) is 23.8 Å². The fourth-order valence-corrected chi connectivity index (χ4v) is 4.52. The molecule has 1 saturated heterocycles. The molecule has 3 amide bonds. The number of benzene rings is 1. The van der Waals surface area contributed by atoms with Crippen LogP contribution < -0.4 is 14.8 Å². The number of amides is 3.